The smallest absolute Gasteiger partial charge is 0.408 e. The van der Waals surface area contributed by atoms with Crippen LogP contribution in [0.1, 0.15) is 42.9 Å². The van der Waals surface area contributed by atoms with E-state index in [2.05, 4.69) is 29.1 Å². The minimum absolute atomic E-state index is 0.0233. The first-order chi connectivity index (χ1) is 24.2. The lowest BCUT2D eigenvalue weighted by Gasteiger charge is -2.24. The molecular formula is C39H47N3O8. The summed E-state index contributed by atoms with van der Waals surface area (Å²) in [7, 11) is 0. The van der Waals surface area contributed by atoms with E-state index in [1.807, 2.05) is 84.9 Å². The molecule has 0 aromatic heterocycles. The Morgan fingerprint density at radius 1 is 0.760 bits per heavy atom. The van der Waals surface area contributed by atoms with Crippen molar-refractivity contribution in [2.45, 2.75) is 63.9 Å². The lowest BCUT2D eigenvalue weighted by Crippen LogP contribution is -2.47. The summed E-state index contributed by atoms with van der Waals surface area (Å²) < 4.78 is 16.8. The van der Waals surface area contributed by atoms with E-state index in [0.717, 1.165) is 16.7 Å². The first kappa shape index (κ1) is 39.0. The summed E-state index contributed by atoms with van der Waals surface area (Å²) >= 11 is 0. The van der Waals surface area contributed by atoms with Gasteiger partial charge in [0.05, 0.1) is 18.6 Å². The van der Waals surface area contributed by atoms with Gasteiger partial charge in [-0.05, 0) is 55.0 Å². The molecule has 266 valence electrons. The number of carbonyl (C=O) groups excluding carboxylic acids is 4. The average molecular weight is 686 g/mol. The fraction of sp³-hybridized carbons (Fsp3) is 0.333. The number of esters is 1. The zero-order chi connectivity index (χ0) is 36.1. The predicted molar refractivity (Wildman–Crippen MR) is 190 cm³/mol. The number of allylic oxidation sites excluding steroid dienone is 1. The van der Waals surface area contributed by atoms with Crippen LogP contribution in [-0.2, 0) is 43.5 Å². The molecule has 11 nitrogen and oxygen atoms in total. The Balaban J connectivity index is 1.69. The van der Waals surface area contributed by atoms with Gasteiger partial charge in [-0.2, -0.15) is 0 Å². The van der Waals surface area contributed by atoms with Crippen LogP contribution in [0.4, 0.5) is 4.79 Å². The number of aliphatic hydroxyl groups excluding tert-OH is 1. The standard InChI is InChI=1S/C39H47N3O8/c1-4-12-32(23-36(44)40-28(3)24-43)37(45)41-33(22-29-18-20-34(21-19-29)48-25-30-14-8-6-9-15-30)27-49-38(46)35(13-5-2)42-39(47)50-26-31-16-10-7-11-17-31/h4-11,14-21,28,32-33,35,43H,1-2,12-13,22-27H2,3H3,(H,40,44)(H,41,45)(H,42,47)/t28-,32-,33+,35-/m1/s1. The summed E-state index contributed by atoms with van der Waals surface area (Å²) in [6.07, 6.45) is 2.71. The monoisotopic (exact) mass is 685 g/mol. The average Bonchev–Trinajstić information content (AvgIpc) is 3.13. The highest BCUT2D eigenvalue weighted by molar-refractivity contribution is 5.86. The summed E-state index contributed by atoms with van der Waals surface area (Å²) in [5.74, 6) is -1.63. The molecule has 0 fully saturated rings. The number of hydrogen-bond acceptors (Lipinski definition) is 8. The molecule has 0 unspecified atom stereocenters. The highest BCUT2D eigenvalue weighted by atomic mass is 16.6. The highest BCUT2D eigenvalue weighted by Crippen LogP contribution is 2.17. The number of hydrogen-bond donors (Lipinski definition) is 4. The third kappa shape index (κ3) is 14.4. The van der Waals surface area contributed by atoms with Crippen molar-refractivity contribution in [1.82, 2.24) is 16.0 Å². The topological polar surface area (TPSA) is 152 Å². The van der Waals surface area contributed by atoms with E-state index in [1.54, 1.807) is 13.0 Å². The predicted octanol–water partition coefficient (Wildman–Crippen LogP) is 4.79. The fourth-order valence-electron chi connectivity index (χ4n) is 4.88. The zero-order valence-corrected chi connectivity index (χ0v) is 28.4. The zero-order valence-electron chi connectivity index (χ0n) is 28.4. The van der Waals surface area contributed by atoms with Gasteiger partial charge in [0.1, 0.15) is 31.6 Å². The Labute approximate surface area is 293 Å². The van der Waals surface area contributed by atoms with Crippen LogP contribution >= 0.6 is 0 Å². The Bertz CT molecular complexity index is 1520. The van der Waals surface area contributed by atoms with Crippen LogP contribution in [0.3, 0.4) is 0 Å². The molecule has 0 saturated carbocycles. The third-order valence-electron chi connectivity index (χ3n) is 7.55. The van der Waals surface area contributed by atoms with Crippen molar-refractivity contribution < 1.29 is 38.5 Å². The van der Waals surface area contributed by atoms with Crippen molar-refractivity contribution in [3.05, 3.63) is 127 Å². The van der Waals surface area contributed by atoms with E-state index in [4.69, 9.17) is 14.2 Å². The summed E-state index contributed by atoms with van der Waals surface area (Å²) in [6.45, 7) is 9.02. The largest absolute Gasteiger partial charge is 0.489 e. The summed E-state index contributed by atoms with van der Waals surface area (Å²) in [6, 6.07) is 24.0. The van der Waals surface area contributed by atoms with E-state index < -0.39 is 42.0 Å². The van der Waals surface area contributed by atoms with Crippen LogP contribution < -0.4 is 20.7 Å². The molecule has 0 bridgehead atoms. The van der Waals surface area contributed by atoms with Gasteiger partial charge in [0.15, 0.2) is 0 Å². The van der Waals surface area contributed by atoms with Gasteiger partial charge < -0.3 is 35.3 Å². The number of nitrogens with one attached hydrogen (secondary N) is 3. The number of amides is 3. The van der Waals surface area contributed by atoms with Crippen molar-refractivity contribution >= 4 is 23.9 Å². The number of ether oxygens (including phenoxy) is 3. The molecule has 0 aliphatic rings. The third-order valence-corrected chi connectivity index (χ3v) is 7.55. The molecule has 50 heavy (non-hydrogen) atoms. The van der Waals surface area contributed by atoms with E-state index in [9.17, 15) is 24.3 Å². The van der Waals surface area contributed by atoms with Crippen LogP contribution in [0, 0.1) is 5.92 Å². The van der Waals surface area contributed by atoms with Crippen molar-refractivity contribution in [3.8, 4) is 5.75 Å². The highest BCUT2D eigenvalue weighted by Gasteiger charge is 2.27. The van der Waals surface area contributed by atoms with Gasteiger partial charge in [-0.15, -0.1) is 13.2 Å². The Morgan fingerprint density at radius 3 is 1.98 bits per heavy atom. The minimum Gasteiger partial charge on any atom is -0.489 e. The molecule has 0 heterocycles. The van der Waals surface area contributed by atoms with E-state index >= 15 is 0 Å². The Hall–Kier alpha value is -5.42. The summed E-state index contributed by atoms with van der Waals surface area (Å²) in [4.78, 5) is 51.7. The maximum Gasteiger partial charge on any atom is 0.408 e. The SMILES string of the molecule is C=CC[C@H](CC(=O)N[C@H](C)CO)C(=O)N[C@H](COC(=O)[C@@H](CC=C)NC(=O)OCc1ccccc1)Cc1ccc(OCc2ccccc2)cc1. The van der Waals surface area contributed by atoms with Gasteiger partial charge in [-0.1, -0.05) is 84.9 Å². The van der Waals surface area contributed by atoms with Gasteiger partial charge in [-0.25, -0.2) is 9.59 Å². The quantitative estimate of drug-likeness (QED) is 0.0924. The molecule has 3 aromatic carbocycles. The van der Waals surface area contributed by atoms with Crippen LogP contribution in [0.5, 0.6) is 5.75 Å². The number of carbonyl (C=O) groups is 4. The molecule has 3 amide bonds. The van der Waals surface area contributed by atoms with E-state index in [1.165, 1.54) is 6.08 Å². The lowest BCUT2D eigenvalue weighted by molar-refractivity contribution is -0.147. The van der Waals surface area contributed by atoms with Crippen LogP contribution in [0.2, 0.25) is 0 Å². The van der Waals surface area contributed by atoms with Gasteiger partial charge >= 0.3 is 12.1 Å². The summed E-state index contributed by atoms with van der Waals surface area (Å²) in [5, 5.41) is 17.4. The molecule has 3 rings (SSSR count). The van der Waals surface area contributed by atoms with Gasteiger partial charge in [-0.3, -0.25) is 9.59 Å². The number of benzene rings is 3. The second-order valence-corrected chi connectivity index (χ2v) is 11.8. The summed E-state index contributed by atoms with van der Waals surface area (Å²) in [5.41, 5.74) is 2.65. The van der Waals surface area contributed by atoms with Crippen LogP contribution in [0.25, 0.3) is 0 Å². The second kappa shape index (κ2) is 21.5. The molecule has 4 N–H and O–H groups in total. The van der Waals surface area contributed by atoms with Crippen molar-refractivity contribution in [2.75, 3.05) is 13.2 Å². The molecule has 11 heteroatoms. The molecule has 4 atom stereocenters. The first-order valence-electron chi connectivity index (χ1n) is 16.5. The van der Waals surface area contributed by atoms with Crippen molar-refractivity contribution in [3.63, 3.8) is 0 Å². The van der Waals surface area contributed by atoms with Crippen molar-refractivity contribution in [1.29, 1.82) is 0 Å². The molecule has 0 aliphatic carbocycles. The molecule has 0 spiro atoms. The molecule has 3 aromatic rings. The van der Waals surface area contributed by atoms with E-state index in [-0.39, 0.29) is 51.4 Å². The maximum atomic E-state index is 13.5. The van der Waals surface area contributed by atoms with Crippen LogP contribution in [-0.4, -0.2) is 60.3 Å². The number of alkyl carbamates (subject to hydrolysis) is 1. The fourth-order valence-corrected chi connectivity index (χ4v) is 4.88. The molecule has 0 radical (unpaired) electrons. The lowest BCUT2D eigenvalue weighted by atomic mass is 9.98. The first-order valence-corrected chi connectivity index (χ1v) is 16.5. The van der Waals surface area contributed by atoms with Gasteiger partial charge in [0.2, 0.25) is 11.8 Å². The van der Waals surface area contributed by atoms with Gasteiger partial charge in [0.25, 0.3) is 0 Å². The second-order valence-electron chi connectivity index (χ2n) is 11.8. The number of rotatable bonds is 21. The van der Waals surface area contributed by atoms with E-state index in [0.29, 0.717) is 12.4 Å². The minimum atomic E-state index is -1.07. The van der Waals surface area contributed by atoms with Crippen LogP contribution in [0.15, 0.2) is 110 Å². The Morgan fingerprint density at radius 2 is 1.38 bits per heavy atom. The Kier molecular flexibility index (Phi) is 16.8. The molecule has 0 aliphatic heterocycles. The maximum absolute atomic E-state index is 13.5. The van der Waals surface area contributed by atoms with Gasteiger partial charge in [0, 0.05) is 12.5 Å². The molecule has 0 saturated heterocycles. The van der Waals surface area contributed by atoms with Crippen molar-refractivity contribution in [2.24, 2.45) is 5.92 Å². The molecular weight excluding hydrogens is 638 g/mol. The number of aliphatic hydroxyl groups is 1. The normalized spacial score (nSPS) is 13.0.